The number of halogens is 1. The molecule has 9 atom stereocenters. The second-order valence-corrected chi connectivity index (χ2v) is 15.4. The molecule has 1 aromatic carbocycles. The van der Waals surface area contributed by atoms with E-state index in [4.69, 9.17) is 14.2 Å². The molecule has 0 aromatic heterocycles. The Hall–Kier alpha value is -3.10. The molecule has 3 saturated heterocycles. The predicted octanol–water partition coefficient (Wildman–Crippen LogP) is 2.91. The zero-order valence-electron chi connectivity index (χ0n) is 30.0. The van der Waals surface area contributed by atoms with Crippen LogP contribution in [-0.4, -0.2) is 138 Å². The summed E-state index contributed by atoms with van der Waals surface area (Å²) in [6.45, 7) is 9.43. The van der Waals surface area contributed by atoms with Crippen LogP contribution in [0, 0.1) is 17.8 Å². The van der Waals surface area contributed by atoms with E-state index in [9.17, 15) is 19.5 Å². The van der Waals surface area contributed by atoms with Crippen LogP contribution in [0.3, 0.4) is 0 Å². The number of hydrogen-bond donors (Lipinski definition) is 1. The number of hydrogen-bond acceptors (Lipinski definition) is 9. The van der Waals surface area contributed by atoms with Gasteiger partial charge in [-0.2, -0.15) is 0 Å². The fourth-order valence-electron chi connectivity index (χ4n) is 8.35. The van der Waals surface area contributed by atoms with Crippen LogP contribution in [0.15, 0.2) is 53.0 Å². The SMILES string of the molecule is CC[C@H](C)[C@H](CO)N1C(=O)[C@@H]2[C@H]3C(=O)O[C@@H](c4ccccc4)[C@H](C)N(C)C(=O)CC/C=C\CN(CCN4CCOCC4)C(=O)[C@@H]1[C@]21C=C(Br)[C@H]3O1. The van der Waals surface area contributed by atoms with Crippen molar-refractivity contribution in [1.29, 1.82) is 0 Å². The lowest BCUT2D eigenvalue weighted by atomic mass is 9.74. The molecule has 5 heterocycles. The Morgan fingerprint density at radius 2 is 1.75 bits per heavy atom. The number of cyclic esters (lactones) is 1. The lowest BCUT2D eigenvalue weighted by Gasteiger charge is -2.40. The molecular formula is C38H51BrN4O8. The maximum atomic E-state index is 15.1. The second kappa shape index (κ2) is 15.9. The molecule has 3 fully saturated rings. The number of allylic oxidation sites excluding steroid dienone is 1. The van der Waals surface area contributed by atoms with Crippen LogP contribution in [0.4, 0.5) is 0 Å². The normalized spacial score (nSPS) is 34.0. The van der Waals surface area contributed by atoms with Crippen molar-refractivity contribution in [2.45, 2.75) is 76.0 Å². The molecule has 278 valence electrons. The molecule has 0 aliphatic carbocycles. The van der Waals surface area contributed by atoms with E-state index in [0.29, 0.717) is 49.2 Å². The number of esters is 1. The summed E-state index contributed by atoms with van der Waals surface area (Å²) in [5.74, 6) is -3.73. The predicted molar refractivity (Wildman–Crippen MR) is 192 cm³/mol. The van der Waals surface area contributed by atoms with Crippen LogP contribution >= 0.6 is 15.9 Å². The summed E-state index contributed by atoms with van der Waals surface area (Å²) in [5.41, 5.74) is -0.748. The Morgan fingerprint density at radius 3 is 2.43 bits per heavy atom. The van der Waals surface area contributed by atoms with E-state index in [2.05, 4.69) is 20.8 Å². The van der Waals surface area contributed by atoms with Crippen molar-refractivity contribution in [3.8, 4) is 0 Å². The Labute approximate surface area is 308 Å². The first-order valence-corrected chi connectivity index (χ1v) is 19.1. The van der Waals surface area contributed by atoms with Gasteiger partial charge in [0.25, 0.3) is 0 Å². The molecular weight excluding hydrogens is 720 g/mol. The average molecular weight is 772 g/mol. The van der Waals surface area contributed by atoms with Crippen LogP contribution in [0.1, 0.15) is 51.7 Å². The van der Waals surface area contributed by atoms with Crippen LogP contribution in [0.5, 0.6) is 0 Å². The van der Waals surface area contributed by atoms with E-state index in [0.717, 1.165) is 13.1 Å². The number of nitrogens with zero attached hydrogens (tertiary/aromatic N) is 4. The molecule has 1 N–H and O–H groups in total. The summed E-state index contributed by atoms with van der Waals surface area (Å²) in [6.07, 6.45) is 5.31. The molecule has 13 heteroatoms. The maximum Gasteiger partial charge on any atom is 0.313 e. The van der Waals surface area contributed by atoms with Gasteiger partial charge in [0, 0.05) is 50.7 Å². The van der Waals surface area contributed by atoms with Gasteiger partial charge in [-0.1, -0.05) is 78.7 Å². The third kappa shape index (κ3) is 7.04. The first-order chi connectivity index (χ1) is 24.5. The summed E-state index contributed by atoms with van der Waals surface area (Å²) in [7, 11) is 1.71. The maximum absolute atomic E-state index is 15.1. The summed E-state index contributed by atoms with van der Waals surface area (Å²) < 4.78 is 19.2. The first-order valence-electron chi connectivity index (χ1n) is 18.3. The molecule has 0 saturated carbocycles. The Morgan fingerprint density at radius 1 is 1.02 bits per heavy atom. The molecule has 5 aliphatic heterocycles. The third-order valence-electron chi connectivity index (χ3n) is 11.6. The quantitative estimate of drug-likeness (QED) is 0.314. The standard InChI is InChI=1S/C38H51BrN4O8/c1-5-24(2)28(23-44)43-34-36(47)42(17-16-41-18-20-49-21-19-41)15-11-7-10-14-29(45)40(4)25(3)32(26-12-8-6-9-13-26)50-37(48)30-31(35(43)46)38(34)22-27(39)33(30)51-38/h6-9,11-13,22,24-25,28,30-34,44H,5,10,14-21,23H2,1-4H3/b11-7-/t24-,25-,28-,30+,31-,32+,33+,34+,38-/m0/s1. The number of morpholine rings is 1. The minimum absolute atomic E-state index is 0.105. The number of aliphatic hydroxyl groups is 1. The number of carbonyl (C=O) groups excluding carboxylic acids is 4. The van der Waals surface area contributed by atoms with E-state index in [-0.39, 0.29) is 37.3 Å². The minimum atomic E-state index is -1.46. The highest BCUT2D eigenvalue weighted by Crippen LogP contribution is 2.59. The van der Waals surface area contributed by atoms with Gasteiger partial charge >= 0.3 is 5.97 Å². The molecule has 5 aliphatic rings. The number of aliphatic hydroxyl groups excluding tert-OH is 1. The molecule has 3 amide bonds. The van der Waals surface area contributed by atoms with Gasteiger partial charge in [-0.3, -0.25) is 24.1 Å². The third-order valence-corrected chi connectivity index (χ3v) is 12.3. The van der Waals surface area contributed by atoms with Gasteiger partial charge in [-0.15, -0.1) is 0 Å². The second-order valence-electron chi connectivity index (χ2n) is 14.5. The van der Waals surface area contributed by atoms with Crippen molar-refractivity contribution >= 4 is 39.6 Å². The smallest absolute Gasteiger partial charge is 0.313 e. The summed E-state index contributed by atoms with van der Waals surface area (Å²) >= 11 is 3.64. The fourth-order valence-corrected chi connectivity index (χ4v) is 9.09. The Bertz CT molecular complexity index is 1520. The van der Waals surface area contributed by atoms with Gasteiger partial charge in [-0.05, 0) is 30.9 Å². The molecule has 0 radical (unpaired) electrons. The van der Waals surface area contributed by atoms with Gasteiger partial charge in [0.05, 0.1) is 37.8 Å². The number of likely N-dealkylation sites (N-methyl/N-ethyl adjacent to an activating group) is 1. The Balaban J connectivity index is 1.45. The highest BCUT2D eigenvalue weighted by Gasteiger charge is 2.75. The van der Waals surface area contributed by atoms with Crippen molar-refractivity contribution < 1.29 is 38.5 Å². The molecule has 1 spiro atoms. The van der Waals surface area contributed by atoms with Crippen LogP contribution in [0.2, 0.25) is 0 Å². The van der Waals surface area contributed by atoms with Crippen LogP contribution in [-0.2, 0) is 33.4 Å². The minimum Gasteiger partial charge on any atom is -0.455 e. The molecule has 0 unspecified atom stereocenters. The van der Waals surface area contributed by atoms with Crippen LogP contribution in [0.25, 0.3) is 0 Å². The van der Waals surface area contributed by atoms with E-state index in [1.807, 2.05) is 63.3 Å². The van der Waals surface area contributed by atoms with E-state index >= 15 is 4.79 Å². The highest BCUT2D eigenvalue weighted by atomic mass is 79.9. The summed E-state index contributed by atoms with van der Waals surface area (Å²) in [6, 6.07) is 6.95. The van der Waals surface area contributed by atoms with Crippen molar-refractivity contribution in [2.24, 2.45) is 17.8 Å². The molecule has 5 bridgehead atoms. The number of ether oxygens (including phenoxy) is 3. The number of carbonyl (C=O) groups is 4. The van der Waals surface area contributed by atoms with Gasteiger partial charge in [0.2, 0.25) is 17.7 Å². The monoisotopic (exact) mass is 770 g/mol. The highest BCUT2D eigenvalue weighted by molar-refractivity contribution is 9.11. The lowest BCUT2D eigenvalue weighted by molar-refractivity contribution is -0.164. The lowest BCUT2D eigenvalue weighted by Crippen LogP contribution is -2.60. The van der Waals surface area contributed by atoms with Gasteiger partial charge < -0.3 is 34.0 Å². The first kappa shape index (κ1) is 37.7. The average Bonchev–Trinajstić information content (AvgIpc) is 3.74. The molecule has 12 nitrogen and oxygen atoms in total. The van der Waals surface area contributed by atoms with E-state index < -0.39 is 59.6 Å². The van der Waals surface area contributed by atoms with E-state index in [1.165, 1.54) is 4.90 Å². The summed E-state index contributed by atoms with van der Waals surface area (Å²) in [4.78, 5) is 65.1. The Kier molecular flexibility index (Phi) is 11.7. The number of amides is 3. The summed E-state index contributed by atoms with van der Waals surface area (Å²) in [5, 5.41) is 10.8. The largest absolute Gasteiger partial charge is 0.455 e. The van der Waals surface area contributed by atoms with Gasteiger partial charge in [-0.25, -0.2) is 0 Å². The fraction of sp³-hybridized carbons (Fsp3) is 0.632. The van der Waals surface area contributed by atoms with E-state index in [1.54, 1.807) is 22.9 Å². The van der Waals surface area contributed by atoms with Gasteiger partial charge in [0.1, 0.15) is 29.8 Å². The van der Waals surface area contributed by atoms with Crippen molar-refractivity contribution in [3.63, 3.8) is 0 Å². The molecule has 6 rings (SSSR count). The number of fused-ring (bicyclic) bond motifs is 2. The zero-order chi connectivity index (χ0) is 36.4. The number of rotatable bonds is 8. The van der Waals surface area contributed by atoms with Crippen molar-refractivity contribution in [2.75, 3.05) is 59.6 Å². The molecule has 1 aromatic rings. The topological polar surface area (TPSA) is 129 Å². The van der Waals surface area contributed by atoms with Crippen LogP contribution < -0.4 is 0 Å². The number of benzene rings is 1. The zero-order valence-corrected chi connectivity index (χ0v) is 31.6. The van der Waals surface area contributed by atoms with Crippen molar-refractivity contribution in [3.05, 3.63) is 58.6 Å². The van der Waals surface area contributed by atoms with Crippen molar-refractivity contribution in [1.82, 2.24) is 19.6 Å². The number of likely N-dealkylation sites (tertiary alicyclic amines) is 1. The van der Waals surface area contributed by atoms with Gasteiger partial charge in [0.15, 0.2) is 0 Å². The molecule has 51 heavy (non-hydrogen) atoms.